The largest absolute Gasteiger partial charge is 0.497 e. The first-order chi connectivity index (χ1) is 12.5. The third-order valence-corrected chi connectivity index (χ3v) is 4.02. The molecule has 0 saturated heterocycles. The number of hydrogen-bond acceptors (Lipinski definition) is 4. The highest BCUT2D eigenvalue weighted by Crippen LogP contribution is 2.26. The van der Waals surface area contributed by atoms with Gasteiger partial charge in [-0.15, -0.1) is 0 Å². The van der Waals surface area contributed by atoms with Crippen molar-refractivity contribution in [2.24, 2.45) is 5.73 Å². The maximum atomic E-state index is 12.6. The van der Waals surface area contributed by atoms with E-state index in [1.165, 1.54) is 0 Å². The molecule has 3 rings (SSSR count). The topological polar surface area (TPSA) is 97.4 Å². The molecule has 0 aliphatic rings. The number of ether oxygens (including phenoxy) is 2. The first-order valence-corrected chi connectivity index (χ1v) is 7.93. The van der Waals surface area contributed by atoms with Crippen LogP contribution in [0.2, 0.25) is 0 Å². The zero-order chi connectivity index (χ0) is 18.7. The summed E-state index contributed by atoms with van der Waals surface area (Å²) >= 11 is 0. The molecule has 0 heterocycles. The Morgan fingerprint density at radius 3 is 2.04 bits per heavy atom. The molecule has 0 aromatic heterocycles. The average Bonchev–Trinajstić information content (AvgIpc) is 2.66. The van der Waals surface area contributed by atoms with E-state index < -0.39 is 0 Å². The van der Waals surface area contributed by atoms with Gasteiger partial charge in [-0.2, -0.15) is 0 Å². The average molecular weight is 349 g/mol. The summed E-state index contributed by atoms with van der Waals surface area (Å²) in [6, 6.07) is 16.0. The molecule has 0 fully saturated rings. The number of nitrogens with one attached hydrogen (secondary N) is 2. The second-order valence-electron chi connectivity index (χ2n) is 5.75. The van der Waals surface area contributed by atoms with Crippen molar-refractivity contribution in [2.75, 3.05) is 19.5 Å². The molecular formula is C20H19N3O3. The molecule has 0 bridgehead atoms. The van der Waals surface area contributed by atoms with Gasteiger partial charge in [-0.1, -0.05) is 18.2 Å². The van der Waals surface area contributed by atoms with Gasteiger partial charge in [0.15, 0.2) is 0 Å². The Bertz CT molecular complexity index is 977. The summed E-state index contributed by atoms with van der Waals surface area (Å²) in [6.45, 7) is 0. The van der Waals surface area contributed by atoms with Crippen molar-refractivity contribution in [1.82, 2.24) is 0 Å². The standard InChI is InChI=1S/C20H19N3O3/c1-25-17-9-16(10-18(11-17)26-2)23-20(24)14-6-4-12-3-5-13(19(21)22)7-15(12)8-14/h3-11H,1-2H3,(H3,21,22)(H,23,24). The molecule has 132 valence electrons. The SMILES string of the molecule is COc1cc(NC(=O)c2ccc3ccc(C(=N)N)cc3c2)cc(OC)c1. The van der Waals surface area contributed by atoms with Crippen LogP contribution in [0, 0.1) is 5.41 Å². The molecule has 1 amide bonds. The van der Waals surface area contributed by atoms with Crippen molar-refractivity contribution in [3.05, 3.63) is 65.7 Å². The van der Waals surface area contributed by atoms with Crippen LogP contribution in [0.25, 0.3) is 10.8 Å². The number of carbonyl (C=O) groups is 1. The van der Waals surface area contributed by atoms with Crippen molar-refractivity contribution >= 4 is 28.2 Å². The number of anilines is 1. The van der Waals surface area contributed by atoms with Gasteiger partial charge in [0, 0.05) is 35.0 Å². The van der Waals surface area contributed by atoms with Crippen molar-refractivity contribution < 1.29 is 14.3 Å². The van der Waals surface area contributed by atoms with E-state index in [-0.39, 0.29) is 11.7 Å². The molecule has 0 spiro atoms. The molecule has 6 nitrogen and oxygen atoms in total. The number of benzene rings is 3. The van der Waals surface area contributed by atoms with Crippen LogP contribution in [-0.4, -0.2) is 26.0 Å². The lowest BCUT2D eigenvalue weighted by Crippen LogP contribution is -2.12. The summed E-state index contributed by atoms with van der Waals surface area (Å²) in [5.74, 6) is 0.911. The predicted molar refractivity (Wildman–Crippen MR) is 102 cm³/mol. The minimum atomic E-state index is -0.254. The molecule has 4 N–H and O–H groups in total. The van der Waals surface area contributed by atoms with Gasteiger partial charge in [-0.25, -0.2) is 0 Å². The molecule has 0 atom stereocenters. The van der Waals surface area contributed by atoms with E-state index in [9.17, 15) is 4.79 Å². The Labute approximate surface area is 151 Å². The van der Waals surface area contributed by atoms with Crippen LogP contribution in [0.5, 0.6) is 11.5 Å². The minimum absolute atomic E-state index is 0.00905. The third-order valence-electron chi connectivity index (χ3n) is 4.02. The number of hydrogen-bond donors (Lipinski definition) is 3. The van der Waals surface area contributed by atoms with Gasteiger partial charge >= 0.3 is 0 Å². The Kier molecular flexibility index (Phi) is 4.75. The lowest BCUT2D eigenvalue weighted by Gasteiger charge is -2.10. The fourth-order valence-corrected chi connectivity index (χ4v) is 2.64. The van der Waals surface area contributed by atoms with E-state index in [0.29, 0.717) is 28.3 Å². The number of carbonyl (C=O) groups excluding carboxylic acids is 1. The van der Waals surface area contributed by atoms with Gasteiger partial charge in [0.05, 0.1) is 14.2 Å². The van der Waals surface area contributed by atoms with Crippen LogP contribution in [0.15, 0.2) is 54.6 Å². The van der Waals surface area contributed by atoms with Crippen molar-refractivity contribution in [2.45, 2.75) is 0 Å². The summed E-state index contributed by atoms with van der Waals surface area (Å²) in [4.78, 5) is 12.6. The highest BCUT2D eigenvalue weighted by atomic mass is 16.5. The van der Waals surface area contributed by atoms with Gasteiger partial charge < -0.3 is 20.5 Å². The van der Waals surface area contributed by atoms with Gasteiger partial charge in [0.1, 0.15) is 17.3 Å². The summed E-state index contributed by atoms with van der Waals surface area (Å²) in [6.07, 6.45) is 0. The van der Waals surface area contributed by atoms with Crippen LogP contribution < -0.4 is 20.5 Å². The minimum Gasteiger partial charge on any atom is -0.497 e. The lowest BCUT2D eigenvalue weighted by molar-refractivity contribution is 0.102. The monoisotopic (exact) mass is 349 g/mol. The molecule has 0 unspecified atom stereocenters. The molecule has 26 heavy (non-hydrogen) atoms. The summed E-state index contributed by atoms with van der Waals surface area (Å²) in [5, 5.41) is 12.2. The van der Waals surface area contributed by atoms with Gasteiger partial charge in [-0.3, -0.25) is 10.2 Å². The number of nitrogen functional groups attached to an aromatic ring is 1. The van der Waals surface area contributed by atoms with Crippen LogP contribution in [0.4, 0.5) is 5.69 Å². The predicted octanol–water partition coefficient (Wildman–Crippen LogP) is 3.39. The Hall–Kier alpha value is -3.54. The smallest absolute Gasteiger partial charge is 0.255 e. The third kappa shape index (κ3) is 3.59. The zero-order valence-corrected chi connectivity index (χ0v) is 14.5. The summed E-state index contributed by atoms with van der Waals surface area (Å²) in [7, 11) is 3.10. The van der Waals surface area contributed by atoms with Crippen molar-refractivity contribution in [3.63, 3.8) is 0 Å². The highest BCUT2D eigenvalue weighted by molar-refractivity contribution is 6.07. The van der Waals surface area contributed by atoms with E-state index in [1.54, 1.807) is 56.7 Å². The number of nitrogens with two attached hydrogens (primary N) is 1. The van der Waals surface area contributed by atoms with Gasteiger partial charge in [0.2, 0.25) is 0 Å². The van der Waals surface area contributed by atoms with E-state index in [0.717, 1.165) is 10.8 Å². The van der Waals surface area contributed by atoms with Crippen LogP contribution >= 0.6 is 0 Å². The van der Waals surface area contributed by atoms with E-state index in [1.807, 2.05) is 12.1 Å². The number of fused-ring (bicyclic) bond motifs is 1. The lowest BCUT2D eigenvalue weighted by atomic mass is 10.0. The molecule has 0 radical (unpaired) electrons. The van der Waals surface area contributed by atoms with Crippen LogP contribution in [-0.2, 0) is 0 Å². The number of amidine groups is 1. The van der Waals surface area contributed by atoms with Crippen molar-refractivity contribution in [1.29, 1.82) is 5.41 Å². The molecule has 3 aromatic carbocycles. The molecular weight excluding hydrogens is 330 g/mol. The molecule has 0 saturated carbocycles. The normalized spacial score (nSPS) is 10.4. The molecule has 3 aromatic rings. The number of rotatable bonds is 5. The quantitative estimate of drug-likeness (QED) is 0.486. The van der Waals surface area contributed by atoms with Crippen LogP contribution in [0.1, 0.15) is 15.9 Å². The Morgan fingerprint density at radius 2 is 1.46 bits per heavy atom. The maximum absolute atomic E-state index is 12.6. The fourth-order valence-electron chi connectivity index (χ4n) is 2.64. The maximum Gasteiger partial charge on any atom is 0.255 e. The second-order valence-corrected chi connectivity index (χ2v) is 5.75. The first-order valence-electron chi connectivity index (χ1n) is 7.93. The Balaban J connectivity index is 1.91. The summed E-state index contributed by atoms with van der Waals surface area (Å²) in [5.41, 5.74) is 7.23. The second kappa shape index (κ2) is 7.14. The molecule has 0 aliphatic carbocycles. The van der Waals surface area contributed by atoms with Crippen molar-refractivity contribution in [3.8, 4) is 11.5 Å². The van der Waals surface area contributed by atoms with E-state index in [4.69, 9.17) is 20.6 Å². The number of methoxy groups -OCH3 is 2. The zero-order valence-electron chi connectivity index (χ0n) is 14.5. The van der Waals surface area contributed by atoms with Gasteiger partial charge in [0.25, 0.3) is 5.91 Å². The highest BCUT2D eigenvalue weighted by Gasteiger charge is 2.10. The molecule has 6 heteroatoms. The van der Waals surface area contributed by atoms with E-state index in [2.05, 4.69) is 5.32 Å². The van der Waals surface area contributed by atoms with Gasteiger partial charge in [-0.05, 0) is 29.0 Å². The Morgan fingerprint density at radius 1 is 0.885 bits per heavy atom. The molecule has 0 aliphatic heterocycles. The fraction of sp³-hybridized carbons (Fsp3) is 0.100. The summed E-state index contributed by atoms with van der Waals surface area (Å²) < 4.78 is 10.4. The number of amides is 1. The van der Waals surface area contributed by atoms with Crippen LogP contribution in [0.3, 0.4) is 0 Å². The first kappa shape index (κ1) is 17.3. The van der Waals surface area contributed by atoms with E-state index >= 15 is 0 Å².